The molecule has 0 saturated heterocycles. The summed E-state index contributed by atoms with van der Waals surface area (Å²) in [6.07, 6.45) is 2.75. The molecule has 21 heavy (non-hydrogen) atoms. The summed E-state index contributed by atoms with van der Waals surface area (Å²) in [5.41, 5.74) is 7.13. The molecule has 2 rings (SSSR count). The number of methoxy groups -OCH3 is 2. The average molecular weight is 312 g/mol. The first kappa shape index (κ1) is 15.7. The van der Waals surface area contributed by atoms with E-state index in [4.69, 9.17) is 15.2 Å². The van der Waals surface area contributed by atoms with Crippen LogP contribution in [0.4, 0.5) is 5.69 Å². The van der Waals surface area contributed by atoms with Crippen LogP contribution in [0.25, 0.3) is 0 Å². The summed E-state index contributed by atoms with van der Waals surface area (Å²) in [5, 5.41) is 0. The Balaban J connectivity index is 2.49. The highest BCUT2D eigenvalue weighted by Crippen LogP contribution is 2.35. The lowest BCUT2D eigenvalue weighted by Gasteiger charge is -2.26. The minimum Gasteiger partial charge on any atom is -0.495 e. The number of benzene rings is 1. The van der Waals surface area contributed by atoms with Gasteiger partial charge >= 0.3 is 0 Å². The zero-order chi connectivity index (χ0) is 15.6. The molecule has 0 aliphatic carbocycles. The molecule has 7 heteroatoms. The van der Waals surface area contributed by atoms with E-state index < -0.39 is 10.0 Å². The van der Waals surface area contributed by atoms with Gasteiger partial charge < -0.3 is 15.2 Å². The predicted octanol–water partition coefficient (Wildman–Crippen LogP) is 1.63. The van der Waals surface area contributed by atoms with Crippen molar-refractivity contribution in [2.45, 2.75) is 18.2 Å². The zero-order valence-corrected chi connectivity index (χ0v) is 13.2. The number of rotatable bonds is 4. The summed E-state index contributed by atoms with van der Waals surface area (Å²) in [7, 11) is -0.761. The highest BCUT2D eigenvalue weighted by Gasteiger charge is 2.30. The van der Waals surface area contributed by atoms with Crippen LogP contribution in [-0.4, -0.2) is 40.0 Å². The first-order valence-corrected chi connectivity index (χ1v) is 8.01. The molecule has 0 bridgehead atoms. The molecule has 0 fully saturated rings. The molecule has 1 aliphatic rings. The lowest BCUT2D eigenvalue weighted by molar-refractivity contribution is 0.381. The molecule has 0 radical (unpaired) electrons. The molecule has 2 N–H and O–H groups in total. The van der Waals surface area contributed by atoms with E-state index >= 15 is 0 Å². The normalized spacial score (nSPS) is 16.4. The van der Waals surface area contributed by atoms with Crippen LogP contribution >= 0.6 is 0 Å². The molecule has 1 heterocycles. The molecule has 6 nitrogen and oxygen atoms in total. The highest BCUT2D eigenvalue weighted by molar-refractivity contribution is 7.89. The molecule has 1 aromatic carbocycles. The SMILES string of the molecule is COc1cc(OC)c(S(=O)(=O)N2CCC=C(C)C2)cc1N. The van der Waals surface area contributed by atoms with E-state index in [1.54, 1.807) is 0 Å². The largest absolute Gasteiger partial charge is 0.495 e. The third kappa shape index (κ3) is 2.98. The molecule has 0 saturated carbocycles. The third-order valence-electron chi connectivity index (χ3n) is 3.43. The molecule has 1 aromatic rings. The van der Waals surface area contributed by atoms with Crippen molar-refractivity contribution in [2.24, 2.45) is 0 Å². The maximum absolute atomic E-state index is 12.8. The number of ether oxygens (including phenoxy) is 2. The number of nitrogens with two attached hydrogens (primary N) is 1. The Morgan fingerprint density at radius 2 is 1.86 bits per heavy atom. The maximum Gasteiger partial charge on any atom is 0.247 e. The first-order chi connectivity index (χ1) is 9.90. The van der Waals surface area contributed by atoms with Crippen LogP contribution in [-0.2, 0) is 10.0 Å². The number of nitrogens with zero attached hydrogens (tertiary/aromatic N) is 1. The van der Waals surface area contributed by atoms with Gasteiger partial charge in [-0.3, -0.25) is 0 Å². The first-order valence-electron chi connectivity index (χ1n) is 6.57. The lowest BCUT2D eigenvalue weighted by atomic mass is 10.2. The van der Waals surface area contributed by atoms with Crippen molar-refractivity contribution >= 4 is 15.7 Å². The minimum absolute atomic E-state index is 0.0676. The minimum atomic E-state index is -3.65. The number of hydrogen-bond donors (Lipinski definition) is 1. The molecule has 0 amide bonds. The van der Waals surface area contributed by atoms with Gasteiger partial charge in [-0.05, 0) is 19.4 Å². The van der Waals surface area contributed by atoms with Crippen molar-refractivity contribution in [1.82, 2.24) is 4.31 Å². The van der Waals surface area contributed by atoms with Crippen molar-refractivity contribution in [3.05, 3.63) is 23.8 Å². The Morgan fingerprint density at radius 1 is 1.19 bits per heavy atom. The van der Waals surface area contributed by atoms with Crippen molar-refractivity contribution in [1.29, 1.82) is 0 Å². The van der Waals surface area contributed by atoms with E-state index in [2.05, 4.69) is 0 Å². The second kappa shape index (κ2) is 5.95. The summed E-state index contributed by atoms with van der Waals surface area (Å²) in [4.78, 5) is 0.0676. The average Bonchev–Trinajstić information content (AvgIpc) is 2.47. The predicted molar refractivity (Wildman–Crippen MR) is 81.1 cm³/mol. The Kier molecular flexibility index (Phi) is 4.43. The van der Waals surface area contributed by atoms with Crippen molar-refractivity contribution in [3.63, 3.8) is 0 Å². The van der Waals surface area contributed by atoms with Crippen LogP contribution in [0, 0.1) is 0 Å². The van der Waals surface area contributed by atoms with Gasteiger partial charge in [0.1, 0.15) is 16.4 Å². The number of nitrogen functional groups attached to an aromatic ring is 1. The van der Waals surface area contributed by atoms with Crippen molar-refractivity contribution in [2.75, 3.05) is 33.0 Å². The van der Waals surface area contributed by atoms with Crippen LogP contribution in [0.5, 0.6) is 11.5 Å². The van der Waals surface area contributed by atoms with Gasteiger partial charge in [0, 0.05) is 19.2 Å². The zero-order valence-electron chi connectivity index (χ0n) is 12.4. The van der Waals surface area contributed by atoms with Gasteiger partial charge in [0.15, 0.2) is 0 Å². The van der Waals surface area contributed by atoms with Crippen LogP contribution in [0.2, 0.25) is 0 Å². The van der Waals surface area contributed by atoms with E-state index in [-0.39, 0.29) is 16.3 Å². The summed E-state index contributed by atoms with van der Waals surface area (Å²) >= 11 is 0. The van der Waals surface area contributed by atoms with E-state index in [1.165, 1.54) is 30.7 Å². The summed E-state index contributed by atoms with van der Waals surface area (Å²) in [6.45, 7) is 2.76. The van der Waals surface area contributed by atoms with Crippen LogP contribution in [0.1, 0.15) is 13.3 Å². The number of sulfonamides is 1. The fourth-order valence-corrected chi connectivity index (χ4v) is 3.99. The standard InChI is InChI=1S/C14H20N2O4S/c1-10-5-4-6-16(9-10)21(17,18)14-7-11(15)12(19-2)8-13(14)20-3/h5,7-8H,4,6,9,15H2,1-3H3. The van der Waals surface area contributed by atoms with Crippen molar-refractivity contribution < 1.29 is 17.9 Å². The maximum atomic E-state index is 12.8. The second-order valence-electron chi connectivity index (χ2n) is 4.92. The van der Waals surface area contributed by atoms with E-state index in [9.17, 15) is 8.42 Å². The molecule has 0 spiro atoms. The summed E-state index contributed by atoms with van der Waals surface area (Å²) in [5.74, 6) is 0.619. The highest BCUT2D eigenvalue weighted by atomic mass is 32.2. The molecule has 1 aliphatic heterocycles. The Morgan fingerprint density at radius 3 is 2.43 bits per heavy atom. The van der Waals surface area contributed by atoms with Gasteiger partial charge in [0.2, 0.25) is 10.0 Å². The Hall–Kier alpha value is -1.73. The molecule has 0 aromatic heterocycles. The Labute approximate surface area is 125 Å². The fourth-order valence-electron chi connectivity index (χ4n) is 2.32. The molecular formula is C14H20N2O4S. The van der Waals surface area contributed by atoms with Gasteiger partial charge in [-0.2, -0.15) is 4.31 Å². The molecule has 0 unspecified atom stereocenters. The van der Waals surface area contributed by atoms with Gasteiger partial charge in [-0.1, -0.05) is 11.6 Å². The third-order valence-corrected chi connectivity index (χ3v) is 5.30. The number of hydrogen-bond acceptors (Lipinski definition) is 5. The van der Waals surface area contributed by atoms with Gasteiger partial charge in [0.05, 0.1) is 19.9 Å². The monoisotopic (exact) mass is 312 g/mol. The van der Waals surface area contributed by atoms with Gasteiger partial charge in [-0.15, -0.1) is 0 Å². The number of anilines is 1. The summed E-state index contributed by atoms with van der Waals surface area (Å²) < 4.78 is 37.3. The Bertz CT molecular complexity index is 668. The molecular weight excluding hydrogens is 292 g/mol. The van der Waals surface area contributed by atoms with Gasteiger partial charge in [0.25, 0.3) is 0 Å². The van der Waals surface area contributed by atoms with Gasteiger partial charge in [-0.25, -0.2) is 8.42 Å². The smallest absolute Gasteiger partial charge is 0.247 e. The quantitative estimate of drug-likeness (QED) is 0.675. The van der Waals surface area contributed by atoms with E-state index in [0.29, 0.717) is 25.3 Å². The van der Waals surface area contributed by atoms with Crippen molar-refractivity contribution in [3.8, 4) is 11.5 Å². The molecule has 0 atom stereocenters. The summed E-state index contributed by atoms with van der Waals surface area (Å²) in [6, 6.07) is 2.88. The topological polar surface area (TPSA) is 81.9 Å². The lowest BCUT2D eigenvalue weighted by Crippen LogP contribution is -2.35. The van der Waals surface area contributed by atoms with E-state index in [0.717, 1.165) is 5.57 Å². The van der Waals surface area contributed by atoms with Crippen LogP contribution < -0.4 is 15.2 Å². The molecule has 116 valence electrons. The fraction of sp³-hybridized carbons (Fsp3) is 0.429. The second-order valence-corrected chi connectivity index (χ2v) is 6.83. The van der Waals surface area contributed by atoms with Crippen LogP contribution in [0.3, 0.4) is 0 Å². The van der Waals surface area contributed by atoms with E-state index in [1.807, 2.05) is 13.0 Å². The van der Waals surface area contributed by atoms with Crippen LogP contribution in [0.15, 0.2) is 28.7 Å².